The molecule has 0 saturated heterocycles. The zero-order chi connectivity index (χ0) is 13.1. The van der Waals surface area contributed by atoms with Crippen molar-refractivity contribution in [3.05, 3.63) is 36.0 Å². The highest BCUT2D eigenvalue weighted by Crippen LogP contribution is 2.29. The fraction of sp³-hybridized carbons (Fsp3) is 0.438. The second-order valence-electron chi connectivity index (χ2n) is 5.30. The zero-order valence-corrected chi connectivity index (χ0v) is 11.1. The highest BCUT2D eigenvalue weighted by molar-refractivity contribution is 5.89. The number of nitrogens with zero attached hydrogens (tertiary/aromatic N) is 1. The number of benzene rings is 1. The van der Waals surface area contributed by atoms with Gasteiger partial charge < -0.3 is 10.5 Å². The predicted molar refractivity (Wildman–Crippen MR) is 77.1 cm³/mol. The molecular formula is C16H20N2O. The van der Waals surface area contributed by atoms with Gasteiger partial charge in [-0.1, -0.05) is 31.0 Å². The number of nitrogens with two attached hydrogens (primary N) is 1. The third kappa shape index (κ3) is 2.56. The molecule has 0 amide bonds. The van der Waals surface area contributed by atoms with Gasteiger partial charge >= 0.3 is 0 Å². The largest absolute Gasteiger partial charge is 0.477 e. The van der Waals surface area contributed by atoms with E-state index in [1.807, 2.05) is 18.3 Å². The van der Waals surface area contributed by atoms with E-state index < -0.39 is 0 Å². The van der Waals surface area contributed by atoms with E-state index in [4.69, 9.17) is 10.5 Å². The summed E-state index contributed by atoms with van der Waals surface area (Å²) >= 11 is 0. The molecule has 3 rings (SSSR count). The summed E-state index contributed by atoms with van der Waals surface area (Å²) in [5.74, 6) is 1.45. The van der Waals surface area contributed by atoms with Crippen molar-refractivity contribution in [1.82, 2.24) is 4.98 Å². The molecule has 0 atom stereocenters. The first-order valence-electron chi connectivity index (χ1n) is 7.08. The third-order valence-electron chi connectivity index (χ3n) is 3.99. The van der Waals surface area contributed by atoms with Gasteiger partial charge in [-0.3, -0.25) is 0 Å². The molecule has 3 nitrogen and oxygen atoms in total. The highest BCUT2D eigenvalue weighted by Gasteiger charge is 2.16. The number of rotatable bonds is 4. The van der Waals surface area contributed by atoms with Crippen molar-refractivity contribution < 1.29 is 4.74 Å². The Balaban J connectivity index is 1.86. The van der Waals surface area contributed by atoms with Crippen molar-refractivity contribution in [3.8, 4) is 5.88 Å². The van der Waals surface area contributed by atoms with Crippen LogP contribution in [0.15, 0.2) is 30.5 Å². The van der Waals surface area contributed by atoms with Crippen LogP contribution in [0.5, 0.6) is 5.88 Å². The molecule has 1 fully saturated rings. The summed E-state index contributed by atoms with van der Waals surface area (Å²) < 4.78 is 5.95. The van der Waals surface area contributed by atoms with E-state index in [1.54, 1.807) is 0 Å². The van der Waals surface area contributed by atoms with Crippen LogP contribution in [0.1, 0.15) is 31.2 Å². The number of pyridine rings is 1. The highest BCUT2D eigenvalue weighted by atomic mass is 16.5. The number of fused-ring (bicyclic) bond motifs is 1. The summed E-state index contributed by atoms with van der Waals surface area (Å²) in [5.41, 5.74) is 6.83. The maximum absolute atomic E-state index is 5.95. The van der Waals surface area contributed by atoms with Crippen LogP contribution in [0.25, 0.3) is 10.8 Å². The molecule has 1 aromatic carbocycles. The lowest BCUT2D eigenvalue weighted by Crippen LogP contribution is -2.09. The van der Waals surface area contributed by atoms with Crippen LogP contribution in [-0.2, 0) is 6.54 Å². The first-order valence-corrected chi connectivity index (χ1v) is 7.08. The van der Waals surface area contributed by atoms with Gasteiger partial charge in [-0.15, -0.1) is 0 Å². The molecule has 1 aromatic heterocycles. The molecule has 100 valence electrons. The number of ether oxygens (including phenoxy) is 1. The van der Waals surface area contributed by atoms with E-state index in [2.05, 4.69) is 17.1 Å². The second-order valence-corrected chi connectivity index (χ2v) is 5.30. The molecule has 1 heterocycles. The Hall–Kier alpha value is -1.61. The Kier molecular flexibility index (Phi) is 3.65. The minimum absolute atomic E-state index is 0.510. The van der Waals surface area contributed by atoms with Crippen LogP contribution in [0.3, 0.4) is 0 Å². The Morgan fingerprint density at radius 3 is 2.63 bits per heavy atom. The molecule has 0 aliphatic heterocycles. The SMILES string of the molecule is NCc1cnc(OCC2CCCC2)c2ccccc12. The van der Waals surface area contributed by atoms with Gasteiger partial charge in [0.1, 0.15) is 0 Å². The van der Waals surface area contributed by atoms with Crippen molar-refractivity contribution in [2.75, 3.05) is 6.61 Å². The summed E-state index contributed by atoms with van der Waals surface area (Å²) in [6.45, 7) is 1.30. The molecule has 1 aliphatic carbocycles. The summed E-state index contributed by atoms with van der Waals surface area (Å²) in [7, 11) is 0. The van der Waals surface area contributed by atoms with Crippen molar-refractivity contribution in [2.24, 2.45) is 11.7 Å². The first-order chi connectivity index (χ1) is 9.38. The Bertz CT molecular complexity index is 562. The molecule has 1 saturated carbocycles. The van der Waals surface area contributed by atoms with Crippen LogP contribution in [0, 0.1) is 5.92 Å². The van der Waals surface area contributed by atoms with Crippen LogP contribution < -0.4 is 10.5 Å². The molecule has 2 N–H and O–H groups in total. The molecule has 0 unspecified atom stereocenters. The quantitative estimate of drug-likeness (QED) is 0.913. The van der Waals surface area contributed by atoms with E-state index in [-0.39, 0.29) is 0 Å². The summed E-state index contributed by atoms with van der Waals surface area (Å²) in [6, 6.07) is 8.20. The molecule has 3 heteroatoms. The minimum Gasteiger partial charge on any atom is -0.477 e. The molecule has 1 aliphatic rings. The first kappa shape index (κ1) is 12.4. The van der Waals surface area contributed by atoms with E-state index in [0.29, 0.717) is 12.5 Å². The van der Waals surface area contributed by atoms with E-state index in [1.165, 1.54) is 25.7 Å². The average molecular weight is 256 g/mol. The van der Waals surface area contributed by atoms with Crippen LogP contribution in [-0.4, -0.2) is 11.6 Å². The van der Waals surface area contributed by atoms with Gasteiger partial charge in [0.25, 0.3) is 0 Å². The Labute approximate surface area is 113 Å². The fourth-order valence-electron chi connectivity index (χ4n) is 2.88. The normalized spacial score (nSPS) is 16.1. The van der Waals surface area contributed by atoms with Crippen molar-refractivity contribution in [3.63, 3.8) is 0 Å². The zero-order valence-electron chi connectivity index (χ0n) is 11.1. The number of aromatic nitrogens is 1. The van der Waals surface area contributed by atoms with Gasteiger partial charge in [0.05, 0.1) is 6.61 Å². The number of hydrogen-bond acceptors (Lipinski definition) is 3. The fourth-order valence-corrected chi connectivity index (χ4v) is 2.88. The van der Waals surface area contributed by atoms with E-state index >= 15 is 0 Å². The molecule has 0 radical (unpaired) electrons. The van der Waals surface area contributed by atoms with Crippen molar-refractivity contribution in [1.29, 1.82) is 0 Å². The van der Waals surface area contributed by atoms with Crippen molar-refractivity contribution in [2.45, 2.75) is 32.2 Å². The van der Waals surface area contributed by atoms with Crippen LogP contribution in [0.4, 0.5) is 0 Å². The maximum Gasteiger partial charge on any atom is 0.221 e. The van der Waals surface area contributed by atoms with Gasteiger partial charge in [-0.25, -0.2) is 4.98 Å². The third-order valence-corrected chi connectivity index (χ3v) is 3.99. The maximum atomic E-state index is 5.95. The smallest absolute Gasteiger partial charge is 0.221 e. The molecule has 19 heavy (non-hydrogen) atoms. The standard InChI is InChI=1S/C16H20N2O/c17-9-13-10-18-16(15-8-4-3-7-14(13)15)19-11-12-5-1-2-6-12/h3-4,7-8,10,12H,1-2,5-6,9,11,17H2. The minimum atomic E-state index is 0.510. The summed E-state index contributed by atoms with van der Waals surface area (Å²) in [6.07, 6.45) is 7.10. The van der Waals surface area contributed by atoms with Gasteiger partial charge in [-0.2, -0.15) is 0 Å². The number of hydrogen-bond donors (Lipinski definition) is 1. The predicted octanol–water partition coefficient (Wildman–Crippen LogP) is 3.26. The molecule has 2 aromatic rings. The average Bonchev–Trinajstić information content (AvgIpc) is 2.98. The summed E-state index contributed by atoms with van der Waals surface area (Å²) in [4.78, 5) is 4.44. The Morgan fingerprint density at radius 1 is 1.16 bits per heavy atom. The summed E-state index contributed by atoms with van der Waals surface area (Å²) in [5, 5.41) is 2.23. The topological polar surface area (TPSA) is 48.1 Å². The van der Waals surface area contributed by atoms with Gasteiger partial charge in [0, 0.05) is 18.1 Å². The lowest BCUT2D eigenvalue weighted by Gasteiger charge is -2.13. The van der Waals surface area contributed by atoms with Crippen LogP contribution >= 0.6 is 0 Å². The lowest BCUT2D eigenvalue weighted by molar-refractivity contribution is 0.246. The Morgan fingerprint density at radius 2 is 1.89 bits per heavy atom. The second kappa shape index (κ2) is 5.57. The van der Waals surface area contributed by atoms with E-state index in [0.717, 1.165) is 28.8 Å². The van der Waals surface area contributed by atoms with Crippen molar-refractivity contribution >= 4 is 10.8 Å². The van der Waals surface area contributed by atoms with Crippen LogP contribution in [0.2, 0.25) is 0 Å². The lowest BCUT2D eigenvalue weighted by atomic mass is 10.1. The monoisotopic (exact) mass is 256 g/mol. The van der Waals surface area contributed by atoms with Gasteiger partial charge in [0.15, 0.2) is 0 Å². The van der Waals surface area contributed by atoms with E-state index in [9.17, 15) is 0 Å². The molecular weight excluding hydrogens is 236 g/mol. The van der Waals surface area contributed by atoms with Gasteiger partial charge in [0.2, 0.25) is 5.88 Å². The van der Waals surface area contributed by atoms with Gasteiger partial charge in [-0.05, 0) is 35.8 Å². The molecule has 0 spiro atoms. The molecule has 0 bridgehead atoms.